The molecule has 3 aliphatic rings. The van der Waals surface area contributed by atoms with Crippen molar-refractivity contribution in [2.24, 2.45) is 0 Å². The first-order valence-corrected chi connectivity index (χ1v) is 14.3. The number of aryl methyl sites for hydroxylation is 1. The number of thiazole rings is 1. The fourth-order valence-corrected chi connectivity index (χ4v) is 6.62. The van der Waals surface area contributed by atoms with Gasteiger partial charge in [0.15, 0.2) is 5.13 Å². The topological polar surface area (TPSA) is 70.6 Å². The van der Waals surface area contributed by atoms with Gasteiger partial charge in [-0.1, -0.05) is 44.6 Å². The number of hydrogen-bond donors (Lipinski definition) is 1. The van der Waals surface area contributed by atoms with Crippen LogP contribution in [0.5, 0.6) is 0 Å². The molecule has 0 aromatic carbocycles. The molecule has 1 atom stereocenters. The van der Waals surface area contributed by atoms with Gasteiger partial charge in [-0.3, -0.25) is 9.69 Å². The summed E-state index contributed by atoms with van der Waals surface area (Å²) in [7, 11) is 0. The first kappa shape index (κ1) is 24.7. The fourth-order valence-electron chi connectivity index (χ4n) is 5.94. The zero-order valence-corrected chi connectivity index (χ0v) is 21.8. The van der Waals surface area contributed by atoms with E-state index < -0.39 is 0 Å². The molecule has 5 rings (SSSR count). The summed E-state index contributed by atoms with van der Waals surface area (Å²) in [4.78, 5) is 28.7. The number of rotatable bonds is 7. The van der Waals surface area contributed by atoms with Gasteiger partial charge in [-0.25, -0.2) is 9.97 Å². The van der Waals surface area contributed by atoms with E-state index in [0.717, 1.165) is 28.1 Å². The Morgan fingerprint density at radius 3 is 2.49 bits per heavy atom. The molecule has 1 saturated heterocycles. The molecule has 2 aromatic rings. The van der Waals surface area contributed by atoms with Crippen molar-refractivity contribution in [1.82, 2.24) is 19.8 Å². The summed E-state index contributed by atoms with van der Waals surface area (Å²) in [6, 6.07) is 6.86. The minimum atomic E-state index is -0.130. The largest absolute Gasteiger partial charge is 0.369 e. The zero-order valence-electron chi connectivity index (χ0n) is 21.0. The number of carbonyl (C=O) groups excluding carboxylic acids is 1. The normalized spacial score (nSPS) is 22.7. The van der Waals surface area contributed by atoms with Crippen molar-refractivity contribution in [1.29, 1.82) is 0 Å². The summed E-state index contributed by atoms with van der Waals surface area (Å²) in [5.74, 6) is 1.10. The van der Waals surface area contributed by atoms with Crippen molar-refractivity contribution in [3.05, 3.63) is 35.0 Å². The third-order valence-electron chi connectivity index (χ3n) is 7.69. The average molecular weight is 498 g/mol. The number of pyridine rings is 1. The van der Waals surface area contributed by atoms with Crippen LogP contribution in [0.2, 0.25) is 0 Å². The number of aromatic nitrogens is 2. The van der Waals surface area contributed by atoms with Gasteiger partial charge < -0.3 is 15.0 Å². The second-order valence-corrected chi connectivity index (χ2v) is 11.6. The number of hydrogen-bond acceptors (Lipinski definition) is 7. The standard InChI is InChI=1S/C27H39N5O2S/c1-20-17-28-27(35-20)30-25-14-8-13-23(29-25)24-18-31(15-16-34-24)19-26(33)32(21-9-4-2-5-10-21)22-11-6-3-7-12-22/h8,13-14,17,21-22,24H,2-7,9-12,15-16,18-19H2,1H3,(H,28,29,30). The lowest BCUT2D eigenvalue weighted by atomic mass is 9.88. The molecule has 190 valence electrons. The van der Waals surface area contributed by atoms with E-state index in [1.807, 2.05) is 31.3 Å². The molecule has 1 N–H and O–H groups in total. The lowest BCUT2D eigenvalue weighted by molar-refractivity contribution is -0.141. The van der Waals surface area contributed by atoms with Crippen LogP contribution in [0.4, 0.5) is 10.9 Å². The second kappa shape index (κ2) is 11.8. The van der Waals surface area contributed by atoms with E-state index in [-0.39, 0.29) is 6.10 Å². The van der Waals surface area contributed by atoms with Crippen molar-refractivity contribution in [2.45, 2.75) is 89.3 Å². The fraction of sp³-hybridized carbons (Fsp3) is 0.667. The van der Waals surface area contributed by atoms with Crippen molar-refractivity contribution >= 4 is 28.2 Å². The zero-order chi connectivity index (χ0) is 24.0. The molecule has 0 radical (unpaired) electrons. The molecule has 1 aliphatic heterocycles. The van der Waals surface area contributed by atoms with Gasteiger partial charge in [-0.05, 0) is 44.7 Å². The molecular formula is C27H39N5O2S. The van der Waals surface area contributed by atoms with E-state index in [1.165, 1.54) is 64.2 Å². The lowest BCUT2D eigenvalue weighted by Crippen LogP contribution is -2.53. The number of anilines is 2. The molecule has 3 heterocycles. The summed E-state index contributed by atoms with van der Waals surface area (Å²) < 4.78 is 6.11. The molecule has 8 heteroatoms. The summed E-state index contributed by atoms with van der Waals surface area (Å²) in [6.07, 6.45) is 14.1. The van der Waals surface area contributed by atoms with E-state index in [9.17, 15) is 4.79 Å². The van der Waals surface area contributed by atoms with Crippen LogP contribution >= 0.6 is 11.3 Å². The highest BCUT2D eigenvalue weighted by molar-refractivity contribution is 7.15. The first-order chi connectivity index (χ1) is 17.2. The molecule has 0 spiro atoms. The molecule has 2 aliphatic carbocycles. The van der Waals surface area contributed by atoms with Gasteiger partial charge in [0.25, 0.3) is 0 Å². The number of nitrogens with zero attached hydrogens (tertiary/aromatic N) is 4. The number of ether oxygens (including phenoxy) is 1. The molecule has 2 saturated carbocycles. The second-order valence-electron chi connectivity index (χ2n) is 10.3. The quantitative estimate of drug-likeness (QED) is 0.548. The number of carbonyl (C=O) groups is 1. The SMILES string of the molecule is Cc1cnc(Nc2cccc(C3CN(CC(=O)N(C4CCCCC4)C4CCCCC4)CCO3)n2)s1. The summed E-state index contributed by atoms with van der Waals surface area (Å²) in [5.41, 5.74) is 0.900. The van der Waals surface area contributed by atoms with Crippen LogP contribution in [0.25, 0.3) is 0 Å². The van der Waals surface area contributed by atoms with Crippen molar-refractivity contribution < 1.29 is 9.53 Å². The lowest BCUT2D eigenvalue weighted by Gasteiger charge is -2.43. The maximum atomic E-state index is 13.7. The van der Waals surface area contributed by atoms with Gasteiger partial charge >= 0.3 is 0 Å². The Kier molecular flexibility index (Phi) is 8.31. The van der Waals surface area contributed by atoms with Crippen molar-refractivity contribution in [2.75, 3.05) is 31.6 Å². The molecule has 1 unspecified atom stereocenters. The average Bonchev–Trinajstić information content (AvgIpc) is 3.30. The minimum absolute atomic E-state index is 0.130. The van der Waals surface area contributed by atoms with Gasteiger partial charge in [-0.15, -0.1) is 11.3 Å². The van der Waals surface area contributed by atoms with Gasteiger partial charge in [0.2, 0.25) is 5.91 Å². The molecule has 0 bridgehead atoms. The Morgan fingerprint density at radius 1 is 1.11 bits per heavy atom. The van der Waals surface area contributed by atoms with Crippen LogP contribution in [-0.4, -0.2) is 64.0 Å². The Balaban J connectivity index is 1.23. The van der Waals surface area contributed by atoms with Crippen LogP contribution in [-0.2, 0) is 9.53 Å². The van der Waals surface area contributed by atoms with Crippen LogP contribution in [0, 0.1) is 6.92 Å². The first-order valence-electron chi connectivity index (χ1n) is 13.5. The Morgan fingerprint density at radius 2 is 1.83 bits per heavy atom. The third kappa shape index (κ3) is 6.40. The predicted molar refractivity (Wildman–Crippen MR) is 140 cm³/mol. The minimum Gasteiger partial charge on any atom is -0.369 e. The Labute approximate surface area is 213 Å². The van der Waals surface area contributed by atoms with E-state index in [0.29, 0.717) is 37.7 Å². The molecular weight excluding hydrogens is 458 g/mol. The highest BCUT2D eigenvalue weighted by Gasteiger charge is 2.34. The molecule has 35 heavy (non-hydrogen) atoms. The van der Waals surface area contributed by atoms with E-state index >= 15 is 0 Å². The summed E-state index contributed by atoms with van der Waals surface area (Å²) in [6.45, 7) is 4.64. The van der Waals surface area contributed by atoms with Crippen LogP contribution in [0.3, 0.4) is 0 Å². The van der Waals surface area contributed by atoms with Crippen molar-refractivity contribution in [3.63, 3.8) is 0 Å². The molecule has 7 nitrogen and oxygen atoms in total. The van der Waals surface area contributed by atoms with E-state index in [1.54, 1.807) is 11.3 Å². The summed E-state index contributed by atoms with van der Waals surface area (Å²) in [5, 5.41) is 4.14. The number of nitrogens with one attached hydrogen (secondary N) is 1. The molecule has 3 fully saturated rings. The van der Waals surface area contributed by atoms with Crippen molar-refractivity contribution in [3.8, 4) is 0 Å². The molecule has 2 aromatic heterocycles. The smallest absolute Gasteiger partial charge is 0.237 e. The maximum Gasteiger partial charge on any atom is 0.237 e. The van der Waals surface area contributed by atoms with E-state index in [4.69, 9.17) is 9.72 Å². The highest BCUT2D eigenvalue weighted by Crippen LogP contribution is 2.31. The van der Waals surface area contributed by atoms with Gasteiger partial charge in [0, 0.05) is 36.2 Å². The van der Waals surface area contributed by atoms with Crippen LogP contribution < -0.4 is 5.32 Å². The predicted octanol–water partition coefficient (Wildman–Crippen LogP) is 5.46. The number of morpholine rings is 1. The van der Waals surface area contributed by atoms with Gasteiger partial charge in [0.1, 0.15) is 11.9 Å². The van der Waals surface area contributed by atoms with Gasteiger partial charge in [0.05, 0.1) is 18.8 Å². The van der Waals surface area contributed by atoms with Crippen LogP contribution in [0.15, 0.2) is 24.4 Å². The van der Waals surface area contributed by atoms with E-state index in [2.05, 4.69) is 20.1 Å². The summed E-state index contributed by atoms with van der Waals surface area (Å²) >= 11 is 1.61. The highest BCUT2D eigenvalue weighted by atomic mass is 32.1. The Hall–Kier alpha value is -2.03. The Bertz CT molecular complexity index is 952. The number of amides is 1. The van der Waals surface area contributed by atoms with Crippen LogP contribution in [0.1, 0.15) is 80.9 Å². The van der Waals surface area contributed by atoms with Gasteiger partial charge in [-0.2, -0.15) is 0 Å². The maximum absolute atomic E-state index is 13.7. The monoisotopic (exact) mass is 497 g/mol. The third-order valence-corrected chi connectivity index (χ3v) is 8.52. The molecule has 1 amide bonds.